The van der Waals surface area contributed by atoms with Gasteiger partial charge in [0.15, 0.2) is 0 Å². The third-order valence-electron chi connectivity index (χ3n) is 2.57. The van der Waals surface area contributed by atoms with Crippen molar-refractivity contribution in [2.45, 2.75) is 32.9 Å². The van der Waals surface area contributed by atoms with E-state index in [4.69, 9.17) is 5.73 Å². The molecule has 0 saturated carbocycles. The van der Waals surface area contributed by atoms with E-state index in [1.54, 1.807) is 0 Å². The molecule has 0 heterocycles. The molecule has 0 saturated heterocycles. The second-order valence-electron chi connectivity index (χ2n) is 4.29. The summed E-state index contributed by atoms with van der Waals surface area (Å²) in [6.45, 7) is 5.96. The number of halogens is 2. The molecule has 2 nitrogen and oxygen atoms in total. The highest BCUT2D eigenvalue weighted by Gasteiger charge is 2.21. The van der Waals surface area contributed by atoms with Crippen molar-refractivity contribution >= 4 is 28.3 Å². The molecule has 0 aromatic heterocycles. The average Bonchev–Trinajstić information content (AvgIpc) is 2.15. The number of aliphatic hydroxyl groups excluding tert-OH is 1. The van der Waals surface area contributed by atoms with Gasteiger partial charge in [0, 0.05) is 4.47 Å². The Morgan fingerprint density at radius 2 is 1.88 bits per heavy atom. The van der Waals surface area contributed by atoms with Crippen LogP contribution in [-0.4, -0.2) is 11.2 Å². The van der Waals surface area contributed by atoms with Crippen LogP contribution in [0.3, 0.4) is 0 Å². The first-order valence-corrected chi connectivity index (χ1v) is 5.92. The molecule has 4 heteroatoms. The Hall–Kier alpha value is -0.0900. The summed E-state index contributed by atoms with van der Waals surface area (Å²) >= 11 is 3.47. The van der Waals surface area contributed by atoms with E-state index in [1.807, 2.05) is 39.0 Å². The number of nitrogens with two attached hydrogens (primary N) is 1. The first-order chi connectivity index (χ1) is 6.93. The average molecular weight is 309 g/mol. The van der Waals surface area contributed by atoms with E-state index < -0.39 is 6.10 Å². The monoisotopic (exact) mass is 307 g/mol. The zero-order valence-electron chi connectivity index (χ0n) is 9.77. The van der Waals surface area contributed by atoms with Gasteiger partial charge in [0.05, 0.1) is 12.1 Å². The Morgan fingerprint density at radius 3 is 2.31 bits per heavy atom. The zero-order valence-corrected chi connectivity index (χ0v) is 12.2. The van der Waals surface area contributed by atoms with Crippen LogP contribution < -0.4 is 5.73 Å². The molecule has 1 aromatic rings. The summed E-state index contributed by atoms with van der Waals surface area (Å²) in [5.41, 5.74) is 8.15. The Kier molecular flexibility index (Phi) is 6.56. The molecule has 0 fully saturated rings. The molecule has 0 bridgehead atoms. The molecule has 0 spiro atoms. The molecule has 2 atom stereocenters. The fraction of sp³-hybridized carbons (Fsp3) is 0.500. The van der Waals surface area contributed by atoms with E-state index in [0.29, 0.717) is 0 Å². The van der Waals surface area contributed by atoms with Crippen molar-refractivity contribution < 1.29 is 5.11 Å². The van der Waals surface area contributed by atoms with Gasteiger partial charge in [0.2, 0.25) is 0 Å². The minimum atomic E-state index is -0.510. The summed E-state index contributed by atoms with van der Waals surface area (Å²) in [6.07, 6.45) is -0.510. The van der Waals surface area contributed by atoms with E-state index >= 15 is 0 Å². The molecule has 0 aliphatic carbocycles. The van der Waals surface area contributed by atoms with Crippen molar-refractivity contribution in [2.75, 3.05) is 0 Å². The van der Waals surface area contributed by atoms with Gasteiger partial charge in [-0.3, -0.25) is 0 Å². The first kappa shape index (κ1) is 15.9. The molecule has 1 aromatic carbocycles. The Labute approximate surface area is 112 Å². The number of hydrogen-bond donors (Lipinski definition) is 2. The van der Waals surface area contributed by atoms with Crippen LogP contribution in [0.5, 0.6) is 0 Å². The van der Waals surface area contributed by atoms with Crippen molar-refractivity contribution in [3.05, 3.63) is 33.8 Å². The lowest BCUT2D eigenvalue weighted by Gasteiger charge is -2.23. The second-order valence-corrected chi connectivity index (χ2v) is 5.14. The highest BCUT2D eigenvalue weighted by atomic mass is 79.9. The summed E-state index contributed by atoms with van der Waals surface area (Å²) in [4.78, 5) is 0. The Balaban J connectivity index is 0.00000225. The number of aryl methyl sites for hydroxylation is 1. The van der Waals surface area contributed by atoms with Crippen LogP contribution in [0, 0.1) is 12.8 Å². The topological polar surface area (TPSA) is 46.2 Å². The number of rotatable bonds is 3. The number of hydrogen-bond acceptors (Lipinski definition) is 2. The van der Waals surface area contributed by atoms with Gasteiger partial charge in [-0.25, -0.2) is 0 Å². The molecular weight excluding hydrogens is 289 g/mol. The summed E-state index contributed by atoms with van der Waals surface area (Å²) in [5, 5.41) is 9.90. The number of aliphatic hydroxyl groups is 1. The zero-order chi connectivity index (χ0) is 11.6. The lowest BCUT2D eigenvalue weighted by atomic mass is 9.94. The molecular formula is C12H19BrClNO. The summed E-state index contributed by atoms with van der Waals surface area (Å²) in [7, 11) is 0. The maximum atomic E-state index is 9.90. The molecule has 0 aliphatic rings. The van der Waals surface area contributed by atoms with Crippen LogP contribution in [0.15, 0.2) is 22.7 Å². The fourth-order valence-electron chi connectivity index (χ4n) is 1.50. The highest BCUT2D eigenvalue weighted by molar-refractivity contribution is 9.10. The fourth-order valence-corrected chi connectivity index (χ4v) is 2.26. The predicted molar refractivity (Wildman–Crippen MR) is 73.9 cm³/mol. The quantitative estimate of drug-likeness (QED) is 0.901. The van der Waals surface area contributed by atoms with Crippen LogP contribution in [0.2, 0.25) is 0 Å². The maximum Gasteiger partial charge on any atom is 0.0756 e. The second kappa shape index (κ2) is 6.60. The van der Waals surface area contributed by atoms with Crippen molar-refractivity contribution in [2.24, 2.45) is 11.7 Å². The largest absolute Gasteiger partial charge is 0.391 e. The molecule has 0 radical (unpaired) electrons. The molecule has 0 aliphatic heterocycles. The van der Waals surface area contributed by atoms with Crippen molar-refractivity contribution in [1.82, 2.24) is 0 Å². The van der Waals surface area contributed by atoms with Crippen LogP contribution in [-0.2, 0) is 0 Å². The van der Waals surface area contributed by atoms with Crippen molar-refractivity contribution in [3.8, 4) is 0 Å². The number of benzene rings is 1. The smallest absolute Gasteiger partial charge is 0.0756 e. The minimum Gasteiger partial charge on any atom is -0.391 e. The lowest BCUT2D eigenvalue weighted by Crippen LogP contribution is -2.30. The lowest BCUT2D eigenvalue weighted by molar-refractivity contribution is 0.0977. The maximum absolute atomic E-state index is 9.90. The standard InChI is InChI=1S/C12H18BrNO.ClH/c1-7(2)12(15)11(14)9-5-4-8(3)6-10(9)13;/h4-7,11-12,15H,14H2,1-3H3;1H/t11-,12+;/m0./s1. The van der Waals surface area contributed by atoms with Gasteiger partial charge in [-0.15, -0.1) is 12.4 Å². The first-order valence-electron chi connectivity index (χ1n) is 5.13. The third-order valence-corrected chi connectivity index (χ3v) is 3.25. The van der Waals surface area contributed by atoms with Gasteiger partial charge in [-0.05, 0) is 30.0 Å². The molecule has 3 N–H and O–H groups in total. The SMILES string of the molecule is Cc1ccc([C@H](N)[C@H](O)C(C)C)c(Br)c1.Cl. The van der Waals surface area contributed by atoms with E-state index in [9.17, 15) is 5.11 Å². The van der Waals surface area contributed by atoms with Gasteiger partial charge < -0.3 is 10.8 Å². The van der Waals surface area contributed by atoms with Gasteiger partial charge in [0.1, 0.15) is 0 Å². The van der Waals surface area contributed by atoms with Crippen LogP contribution in [0.1, 0.15) is 31.0 Å². The minimum absolute atomic E-state index is 0. The van der Waals surface area contributed by atoms with E-state index in [0.717, 1.165) is 10.0 Å². The van der Waals surface area contributed by atoms with Crippen molar-refractivity contribution in [1.29, 1.82) is 0 Å². The van der Waals surface area contributed by atoms with Crippen LogP contribution >= 0.6 is 28.3 Å². The van der Waals surface area contributed by atoms with Gasteiger partial charge in [-0.1, -0.05) is 41.9 Å². The Bertz CT molecular complexity index is 344. The molecule has 16 heavy (non-hydrogen) atoms. The molecule has 0 amide bonds. The molecule has 1 rings (SSSR count). The normalized spacial score (nSPS) is 14.4. The van der Waals surface area contributed by atoms with Gasteiger partial charge in [0.25, 0.3) is 0 Å². The van der Waals surface area contributed by atoms with E-state index in [1.165, 1.54) is 5.56 Å². The summed E-state index contributed by atoms with van der Waals surface area (Å²) < 4.78 is 0.967. The van der Waals surface area contributed by atoms with Crippen LogP contribution in [0.4, 0.5) is 0 Å². The van der Waals surface area contributed by atoms with E-state index in [2.05, 4.69) is 15.9 Å². The van der Waals surface area contributed by atoms with Crippen LogP contribution in [0.25, 0.3) is 0 Å². The summed E-state index contributed by atoms with van der Waals surface area (Å²) in [5.74, 6) is 0.160. The molecule has 0 unspecified atom stereocenters. The predicted octanol–water partition coefficient (Wildman–Crippen LogP) is 3.20. The summed E-state index contributed by atoms with van der Waals surface area (Å²) in [6, 6.07) is 5.66. The van der Waals surface area contributed by atoms with Gasteiger partial charge >= 0.3 is 0 Å². The third kappa shape index (κ3) is 3.74. The Morgan fingerprint density at radius 1 is 1.31 bits per heavy atom. The highest BCUT2D eigenvalue weighted by Crippen LogP contribution is 2.27. The molecule has 92 valence electrons. The van der Waals surface area contributed by atoms with E-state index in [-0.39, 0.29) is 24.4 Å². The van der Waals surface area contributed by atoms with Crippen molar-refractivity contribution in [3.63, 3.8) is 0 Å². The van der Waals surface area contributed by atoms with Gasteiger partial charge in [-0.2, -0.15) is 0 Å².